The summed E-state index contributed by atoms with van der Waals surface area (Å²) in [6, 6.07) is 1.98. The standard InChI is InChI=1S/C16H21NO3S/c1-2-20-16(19)14-5-3-8-17(11-14)12-15-13(6-4-9-18)7-10-21-15/h7,10,14,18H,2-3,5,8-9,11-12H2,1H3. The molecule has 5 heteroatoms. The van der Waals surface area contributed by atoms with Crippen LogP contribution < -0.4 is 0 Å². The number of hydrogen-bond donors (Lipinski definition) is 1. The van der Waals surface area contributed by atoms with Crippen LogP contribution in [0.1, 0.15) is 30.2 Å². The summed E-state index contributed by atoms with van der Waals surface area (Å²) in [5, 5.41) is 10.8. The lowest BCUT2D eigenvalue weighted by Gasteiger charge is -2.31. The summed E-state index contributed by atoms with van der Waals surface area (Å²) in [7, 11) is 0. The van der Waals surface area contributed by atoms with Crippen LogP contribution in [-0.4, -0.2) is 42.3 Å². The highest BCUT2D eigenvalue weighted by Gasteiger charge is 2.27. The molecule has 0 amide bonds. The van der Waals surface area contributed by atoms with Gasteiger partial charge in [0.2, 0.25) is 0 Å². The number of esters is 1. The predicted octanol–water partition coefficient (Wildman–Crippen LogP) is 1.87. The maximum absolute atomic E-state index is 11.9. The lowest BCUT2D eigenvalue weighted by atomic mass is 9.98. The Morgan fingerprint density at radius 2 is 2.48 bits per heavy atom. The average molecular weight is 307 g/mol. The average Bonchev–Trinajstić information content (AvgIpc) is 2.93. The molecule has 1 N–H and O–H groups in total. The molecule has 1 aliphatic rings. The van der Waals surface area contributed by atoms with Gasteiger partial charge in [0.15, 0.2) is 0 Å². The SMILES string of the molecule is CCOC(=O)C1CCCN(Cc2sccc2C#CCO)C1. The molecule has 0 aliphatic carbocycles. The number of carbonyl (C=O) groups excluding carboxylic acids is 1. The van der Waals surface area contributed by atoms with Crippen molar-refractivity contribution in [2.75, 3.05) is 26.3 Å². The molecule has 0 aromatic carbocycles. The molecule has 1 aromatic rings. The highest BCUT2D eigenvalue weighted by atomic mass is 32.1. The van der Waals surface area contributed by atoms with E-state index in [4.69, 9.17) is 9.84 Å². The Labute approximate surface area is 129 Å². The minimum absolute atomic E-state index is 0.00867. The number of rotatable bonds is 4. The van der Waals surface area contributed by atoms with Crippen molar-refractivity contribution < 1.29 is 14.6 Å². The van der Waals surface area contributed by atoms with Crippen molar-refractivity contribution in [2.45, 2.75) is 26.3 Å². The van der Waals surface area contributed by atoms with Gasteiger partial charge < -0.3 is 9.84 Å². The molecular weight excluding hydrogens is 286 g/mol. The maximum atomic E-state index is 11.9. The molecule has 2 rings (SSSR count). The molecule has 2 heterocycles. The Balaban J connectivity index is 1.96. The van der Waals surface area contributed by atoms with Gasteiger partial charge in [0.25, 0.3) is 0 Å². The van der Waals surface area contributed by atoms with Crippen molar-refractivity contribution >= 4 is 17.3 Å². The van der Waals surface area contributed by atoms with Gasteiger partial charge in [-0.15, -0.1) is 11.3 Å². The van der Waals surface area contributed by atoms with Gasteiger partial charge in [-0.05, 0) is 37.8 Å². The molecule has 0 bridgehead atoms. The molecule has 4 nitrogen and oxygen atoms in total. The number of carbonyl (C=O) groups is 1. The van der Waals surface area contributed by atoms with Gasteiger partial charge >= 0.3 is 5.97 Å². The summed E-state index contributed by atoms with van der Waals surface area (Å²) >= 11 is 1.67. The Hall–Kier alpha value is -1.35. The van der Waals surface area contributed by atoms with Gasteiger partial charge in [-0.1, -0.05) is 11.8 Å². The normalized spacial score (nSPS) is 18.9. The number of hydrogen-bond acceptors (Lipinski definition) is 5. The molecule has 1 unspecified atom stereocenters. The number of aliphatic hydroxyl groups excluding tert-OH is 1. The van der Waals surface area contributed by atoms with Crippen LogP contribution >= 0.6 is 11.3 Å². The van der Waals surface area contributed by atoms with E-state index in [0.717, 1.165) is 38.0 Å². The van der Waals surface area contributed by atoms with Crippen molar-refractivity contribution in [1.82, 2.24) is 4.90 Å². The number of nitrogens with zero attached hydrogens (tertiary/aromatic N) is 1. The highest BCUT2D eigenvalue weighted by Crippen LogP contribution is 2.23. The monoisotopic (exact) mass is 307 g/mol. The Bertz CT molecular complexity index is 529. The second kappa shape index (κ2) is 8.18. The molecule has 0 spiro atoms. The first-order valence-corrected chi connectivity index (χ1v) is 8.17. The first-order valence-electron chi connectivity index (χ1n) is 7.29. The van der Waals surface area contributed by atoms with E-state index in [1.807, 2.05) is 18.4 Å². The minimum atomic E-state index is -0.121. The largest absolute Gasteiger partial charge is 0.466 e. The van der Waals surface area contributed by atoms with Crippen LogP contribution in [0.15, 0.2) is 11.4 Å². The Kier molecular flexibility index (Phi) is 6.24. The fraction of sp³-hybridized carbons (Fsp3) is 0.562. The van der Waals surface area contributed by atoms with E-state index in [0.29, 0.717) is 6.61 Å². The highest BCUT2D eigenvalue weighted by molar-refractivity contribution is 7.10. The lowest BCUT2D eigenvalue weighted by molar-refractivity contribution is -0.150. The van der Waals surface area contributed by atoms with E-state index in [-0.39, 0.29) is 18.5 Å². The Morgan fingerprint density at radius 3 is 3.24 bits per heavy atom. The van der Waals surface area contributed by atoms with Crippen molar-refractivity contribution in [3.05, 3.63) is 21.9 Å². The predicted molar refractivity (Wildman–Crippen MR) is 82.9 cm³/mol. The summed E-state index contributed by atoms with van der Waals surface area (Å²) < 4.78 is 5.13. The zero-order valence-electron chi connectivity index (χ0n) is 12.3. The summed E-state index contributed by atoms with van der Waals surface area (Å²) in [5.74, 6) is 5.59. The topological polar surface area (TPSA) is 49.8 Å². The summed E-state index contributed by atoms with van der Waals surface area (Å²) in [6.07, 6.45) is 1.93. The van der Waals surface area contributed by atoms with Crippen molar-refractivity contribution in [3.8, 4) is 11.8 Å². The van der Waals surface area contributed by atoms with E-state index in [2.05, 4.69) is 16.7 Å². The minimum Gasteiger partial charge on any atom is -0.466 e. The van der Waals surface area contributed by atoms with Gasteiger partial charge in [-0.2, -0.15) is 0 Å². The van der Waals surface area contributed by atoms with Gasteiger partial charge in [0.05, 0.1) is 12.5 Å². The molecule has 114 valence electrons. The summed E-state index contributed by atoms with van der Waals surface area (Å²) in [4.78, 5) is 15.3. The third-order valence-electron chi connectivity index (χ3n) is 3.54. The molecule has 1 atom stereocenters. The number of aliphatic hydroxyl groups is 1. The van der Waals surface area contributed by atoms with Crippen LogP contribution in [0.5, 0.6) is 0 Å². The third kappa shape index (κ3) is 4.57. The molecular formula is C16H21NO3S. The molecule has 1 aliphatic heterocycles. The number of thiophene rings is 1. The zero-order chi connectivity index (χ0) is 15.1. The first kappa shape index (κ1) is 16.0. The quantitative estimate of drug-likeness (QED) is 0.681. The number of likely N-dealkylation sites (tertiary alicyclic amines) is 1. The number of piperidine rings is 1. The molecule has 0 radical (unpaired) electrons. The van der Waals surface area contributed by atoms with Gasteiger partial charge in [-0.3, -0.25) is 9.69 Å². The van der Waals surface area contributed by atoms with Crippen molar-refractivity contribution in [1.29, 1.82) is 0 Å². The second-order valence-electron chi connectivity index (χ2n) is 5.04. The molecule has 21 heavy (non-hydrogen) atoms. The van der Waals surface area contributed by atoms with E-state index < -0.39 is 0 Å². The maximum Gasteiger partial charge on any atom is 0.310 e. The zero-order valence-corrected chi connectivity index (χ0v) is 13.1. The van der Waals surface area contributed by atoms with Crippen LogP contribution in [0, 0.1) is 17.8 Å². The van der Waals surface area contributed by atoms with Gasteiger partial charge in [-0.25, -0.2) is 0 Å². The van der Waals surface area contributed by atoms with E-state index in [1.165, 1.54) is 4.88 Å². The van der Waals surface area contributed by atoms with Crippen molar-refractivity contribution in [3.63, 3.8) is 0 Å². The van der Waals surface area contributed by atoms with Crippen LogP contribution in [-0.2, 0) is 16.1 Å². The van der Waals surface area contributed by atoms with Crippen LogP contribution in [0.2, 0.25) is 0 Å². The smallest absolute Gasteiger partial charge is 0.310 e. The lowest BCUT2D eigenvalue weighted by Crippen LogP contribution is -2.38. The second-order valence-corrected chi connectivity index (χ2v) is 6.04. The van der Waals surface area contributed by atoms with Crippen molar-refractivity contribution in [2.24, 2.45) is 5.92 Å². The Morgan fingerprint density at radius 1 is 1.62 bits per heavy atom. The molecule has 0 saturated carbocycles. The van der Waals surface area contributed by atoms with Gasteiger partial charge in [0, 0.05) is 23.5 Å². The summed E-state index contributed by atoms with van der Waals surface area (Å²) in [6.45, 7) is 4.73. The molecule has 1 fully saturated rings. The third-order valence-corrected chi connectivity index (χ3v) is 4.45. The van der Waals surface area contributed by atoms with E-state index in [1.54, 1.807) is 11.3 Å². The van der Waals surface area contributed by atoms with Gasteiger partial charge in [0.1, 0.15) is 6.61 Å². The number of ether oxygens (including phenoxy) is 1. The molecule has 1 aromatic heterocycles. The van der Waals surface area contributed by atoms with Crippen LogP contribution in [0.4, 0.5) is 0 Å². The van der Waals surface area contributed by atoms with Crippen LogP contribution in [0.25, 0.3) is 0 Å². The fourth-order valence-electron chi connectivity index (χ4n) is 2.56. The molecule has 1 saturated heterocycles. The summed E-state index contributed by atoms with van der Waals surface area (Å²) in [5.41, 5.74) is 0.979. The van der Waals surface area contributed by atoms with E-state index in [9.17, 15) is 4.79 Å². The first-order chi connectivity index (χ1) is 10.2. The van der Waals surface area contributed by atoms with Crippen LogP contribution in [0.3, 0.4) is 0 Å². The fourth-order valence-corrected chi connectivity index (χ4v) is 3.44. The van der Waals surface area contributed by atoms with E-state index >= 15 is 0 Å².